The molecule has 0 aliphatic carbocycles. The van der Waals surface area contributed by atoms with E-state index in [1.54, 1.807) is 28.4 Å². The van der Waals surface area contributed by atoms with Gasteiger partial charge in [0.25, 0.3) is 0 Å². The maximum absolute atomic E-state index is 12.7. The molecule has 0 radical (unpaired) electrons. The molecule has 2 aromatic carbocycles. The molecule has 3 rings (SSSR count). The second-order valence-corrected chi connectivity index (χ2v) is 7.95. The number of amides is 1. The van der Waals surface area contributed by atoms with E-state index in [1.165, 1.54) is 5.56 Å². The van der Waals surface area contributed by atoms with Gasteiger partial charge in [0.15, 0.2) is 23.0 Å². The largest absolute Gasteiger partial charge is 0.493 e. The van der Waals surface area contributed by atoms with Gasteiger partial charge in [0.05, 0.1) is 34.9 Å². The lowest BCUT2D eigenvalue weighted by Crippen LogP contribution is -2.33. The van der Waals surface area contributed by atoms with Gasteiger partial charge in [0, 0.05) is 25.8 Å². The Labute approximate surface area is 208 Å². The standard InChI is InChI=1S/C26H34N2O5.ClH/c1-30-22-9-8-19(15-23(22)31-2)7-5-11-27-12-6-13-28-14-10-20-16-24(32-3)25(33-4)17-21(20)18-26(28)29;/h8-9,12,15-17H,5-7,10-11,13-14,18H2,1-4H3;1H/b27-12+;. The van der Waals surface area contributed by atoms with Gasteiger partial charge in [0.1, 0.15) is 0 Å². The predicted octanol–water partition coefficient (Wildman–Crippen LogP) is 4.16. The van der Waals surface area contributed by atoms with Gasteiger partial charge in [0.2, 0.25) is 5.91 Å². The van der Waals surface area contributed by atoms with Crippen LogP contribution in [0.3, 0.4) is 0 Å². The Morgan fingerprint density at radius 3 is 2.24 bits per heavy atom. The summed E-state index contributed by atoms with van der Waals surface area (Å²) < 4.78 is 21.4. The number of aliphatic imine (C=N–C) groups is 1. The summed E-state index contributed by atoms with van der Waals surface area (Å²) in [5, 5.41) is 0. The molecule has 0 unspecified atom stereocenters. The maximum atomic E-state index is 12.7. The van der Waals surface area contributed by atoms with E-state index in [9.17, 15) is 4.79 Å². The first kappa shape index (κ1) is 27.3. The fourth-order valence-electron chi connectivity index (χ4n) is 4.06. The van der Waals surface area contributed by atoms with Crippen molar-refractivity contribution in [2.24, 2.45) is 4.99 Å². The maximum Gasteiger partial charge on any atom is 0.227 e. The number of fused-ring (bicyclic) bond motifs is 1. The second kappa shape index (κ2) is 13.7. The summed E-state index contributed by atoms with van der Waals surface area (Å²) in [6, 6.07) is 9.91. The Kier molecular flexibility index (Phi) is 11.0. The Bertz CT molecular complexity index is 980. The van der Waals surface area contributed by atoms with Gasteiger partial charge < -0.3 is 23.8 Å². The van der Waals surface area contributed by atoms with E-state index >= 15 is 0 Å². The highest BCUT2D eigenvalue weighted by atomic mass is 35.5. The van der Waals surface area contributed by atoms with E-state index in [1.807, 2.05) is 35.4 Å². The first-order valence-electron chi connectivity index (χ1n) is 11.3. The molecule has 0 aromatic heterocycles. The van der Waals surface area contributed by atoms with E-state index in [2.05, 4.69) is 11.1 Å². The summed E-state index contributed by atoms with van der Waals surface area (Å²) in [6.45, 7) is 2.14. The molecule has 0 bridgehead atoms. The highest BCUT2D eigenvalue weighted by Gasteiger charge is 2.22. The number of aryl methyl sites for hydroxylation is 1. The molecule has 0 atom stereocenters. The zero-order valence-electron chi connectivity index (χ0n) is 20.5. The van der Waals surface area contributed by atoms with E-state index < -0.39 is 0 Å². The third-order valence-corrected chi connectivity index (χ3v) is 5.91. The van der Waals surface area contributed by atoms with Crippen LogP contribution in [0.15, 0.2) is 35.3 Å². The SMILES string of the molecule is COc1ccc(CCC/N=C/CCN2CCc3cc(OC)c(OC)cc3CC2=O)cc1OC.Cl. The zero-order chi connectivity index (χ0) is 23.6. The van der Waals surface area contributed by atoms with Gasteiger partial charge in [-0.3, -0.25) is 9.79 Å². The number of methoxy groups -OCH3 is 4. The quantitative estimate of drug-likeness (QED) is 0.349. The first-order valence-corrected chi connectivity index (χ1v) is 11.3. The van der Waals surface area contributed by atoms with Crippen LogP contribution in [-0.2, 0) is 24.1 Å². The topological polar surface area (TPSA) is 69.6 Å². The minimum atomic E-state index is 0. The molecule has 1 heterocycles. The van der Waals surface area contributed by atoms with Crippen molar-refractivity contribution in [3.05, 3.63) is 47.0 Å². The Morgan fingerprint density at radius 2 is 1.56 bits per heavy atom. The number of halogens is 1. The number of hydrogen-bond acceptors (Lipinski definition) is 6. The Hall–Kier alpha value is -2.93. The highest BCUT2D eigenvalue weighted by Crippen LogP contribution is 2.32. The van der Waals surface area contributed by atoms with Crippen LogP contribution in [0, 0.1) is 0 Å². The molecule has 7 nitrogen and oxygen atoms in total. The lowest BCUT2D eigenvalue weighted by molar-refractivity contribution is -0.130. The highest BCUT2D eigenvalue weighted by molar-refractivity contribution is 5.85. The second-order valence-electron chi connectivity index (χ2n) is 7.95. The lowest BCUT2D eigenvalue weighted by atomic mass is 10.0. The molecule has 34 heavy (non-hydrogen) atoms. The summed E-state index contributed by atoms with van der Waals surface area (Å²) in [5.74, 6) is 3.00. The monoisotopic (exact) mass is 490 g/mol. The van der Waals surface area contributed by atoms with Crippen molar-refractivity contribution in [3.63, 3.8) is 0 Å². The fraction of sp³-hybridized carbons (Fsp3) is 0.462. The average Bonchev–Trinajstić information content (AvgIpc) is 2.99. The van der Waals surface area contributed by atoms with E-state index in [0.717, 1.165) is 54.9 Å². The van der Waals surface area contributed by atoms with Crippen molar-refractivity contribution in [2.45, 2.75) is 32.1 Å². The number of hydrogen-bond donors (Lipinski definition) is 0. The molecule has 1 amide bonds. The minimum absolute atomic E-state index is 0. The van der Waals surface area contributed by atoms with Gasteiger partial charge in [-0.25, -0.2) is 0 Å². The van der Waals surface area contributed by atoms with Crippen molar-refractivity contribution >= 4 is 24.5 Å². The van der Waals surface area contributed by atoms with Crippen LogP contribution < -0.4 is 18.9 Å². The van der Waals surface area contributed by atoms with Crippen LogP contribution in [0.5, 0.6) is 23.0 Å². The predicted molar refractivity (Wildman–Crippen MR) is 137 cm³/mol. The molecule has 0 spiro atoms. The molecule has 0 saturated heterocycles. The number of carbonyl (C=O) groups excluding carboxylic acids is 1. The van der Waals surface area contributed by atoms with Crippen molar-refractivity contribution in [2.75, 3.05) is 48.1 Å². The number of nitrogens with zero attached hydrogens (tertiary/aromatic N) is 2. The number of benzene rings is 2. The Balaban J connectivity index is 0.00000408. The van der Waals surface area contributed by atoms with Crippen molar-refractivity contribution in [1.29, 1.82) is 0 Å². The zero-order valence-corrected chi connectivity index (χ0v) is 21.3. The van der Waals surface area contributed by atoms with Gasteiger partial charge in [-0.2, -0.15) is 0 Å². The van der Waals surface area contributed by atoms with Crippen molar-refractivity contribution in [3.8, 4) is 23.0 Å². The number of ether oxygens (including phenoxy) is 4. The molecule has 0 saturated carbocycles. The molecular weight excluding hydrogens is 456 g/mol. The molecule has 1 aliphatic rings. The fourth-order valence-corrected chi connectivity index (χ4v) is 4.06. The summed E-state index contributed by atoms with van der Waals surface area (Å²) in [7, 11) is 6.53. The number of carbonyl (C=O) groups is 1. The Morgan fingerprint density at radius 1 is 0.912 bits per heavy atom. The molecule has 0 fully saturated rings. The van der Waals surface area contributed by atoms with Crippen LogP contribution in [-0.4, -0.2) is 65.1 Å². The van der Waals surface area contributed by atoms with Crippen LogP contribution >= 0.6 is 12.4 Å². The lowest BCUT2D eigenvalue weighted by Gasteiger charge is -2.19. The van der Waals surface area contributed by atoms with Crippen LogP contribution in [0.1, 0.15) is 29.5 Å². The summed E-state index contributed by atoms with van der Waals surface area (Å²) >= 11 is 0. The summed E-state index contributed by atoms with van der Waals surface area (Å²) in [5.41, 5.74) is 3.36. The normalized spacial score (nSPS) is 13.2. The van der Waals surface area contributed by atoms with Crippen LogP contribution in [0.2, 0.25) is 0 Å². The third-order valence-electron chi connectivity index (χ3n) is 5.91. The van der Waals surface area contributed by atoms with E-state index in [4.69, 9.17) is 18.9 Å². The van der Waals surface area contributed by atoms with Crippen LogP contribution in [0.25, 0.3) is 0 Å². The number of rotatable bonds is 11. The summed E-state index contributed by atoms with van der Waals surface area (Å²) in [4.78, 5) is 19.2. The van der Waals surface area contributed by atoms with Crippen molar-refractivity contribution in [1.82, 2.24) is 4.90 Å². The van der Waals surface area contributed by atoms with Crippen molar-refractivity contribution < 1.29 is 23.7 Å². The third kappa shape index (κ3) is 7.03. The van der Waals surface area contributed by atoms with E-state index in [-0.39, 0.29) is 18.3 Å². The average molecular weight is 491 g/mol. The smallest absolute Gasteiger partial charge is 0.227 e. The van der Waals surface area contributed by atoms with Gasteiger partial charge in [-0.05, 0) is 66.6 Å². The summed E-state index contributed by atoms with van der Waals surface area (Å²) in [6.07, 6.45) is 5.76. The van der Waals surface area contributed by atoms with Gasteiger partial charge >= 0.3 is 0 Å². The van der Waals surface area contributed by atoms with Gasteiger partial charge in [-0.1, -0.05) is 6.07 Å². The minimum Gasteiger partial charge on any atom is -0.493 e. The molecule has 186 valence electrons. The molecule has 0 N–H and O–H groups in total. The first-order chi connectivity index (χ1) is 16.1. The van der Waals surface area contributed by atoms with E-state index in [0.29, 0.717) is 31.0 Å². The molecular formula is C26H35ClN2O5. The molecule has 1 aliphatic heterocycles. The molecule has 8 heteroatoms. The van der Waals surface area contributed by atoms with Gasteiger partial charge in [-0.15, -0.1) is 12.4 Å². The van der Waals surface area contributed by atoms with Crippen LogP contribution in [0.4, 0.5) is 0 Å². The molecule has 2 aromatic rings.